The fourth-order valence-corrected chi connectivity index (χ4v) is 1.87. The Kier molecular flexibility index (Phi) is 2.37. The standard InChI is InChI=1S/C13H9NO4/c1-16-13(15)18-11-7-10-8(3-2-5-14-10)9-4-6-17-12(9)11/h2-7H,1H3. The Morgan fingerprint density at radius 1 is 1.33 bits per heavy atom. The molecule has 0 bridgehead atoms. The highest BCUT2D eigenvalue weighted by Gasteiger charge is 2.14. The summed E-state index contributed by atoms with van der Waals surface area (Å²) in [6.07, 6.45) is 2.43. The highest BCUT2D eigenvalue weighted by Crippen LogP contribution is 2.33. The molecule has 2 heterocycles. The van der Waals surface area contributed by atoms with E-state index in [-0.39, 0.29) is 0 Å². The fraction of sp³-hybridized carbons (Fsp3) is 0.0769. The van der Waals surface area contributed by atoms with E-state index in [1.807, 2.05) is 18.2 Å². The summed E-state index contributed by atoms with van der Waals surface area (Å²) in [5.41, 5.74) is 1.23. The number of hydrogen-bond acceptors (Lipinski definition) is 5. The number of rotatable bonds is 1. The highest BCUT2D eigenvalue weighted by atomic mass is 16.7. The van der Waals surface area contributed by atoms with Crippen LogP contribution < -0.4 is 4.74 Å². The van der Waals surface area contributed by atoms with Gasteiger partial charge in [0, 0.05) is 23.0 Å². The second-order valence-electron chi connectivity index (χ2n) is 3.66. The van der Waals surface area contributed by atoms with Crippen LogP contribution in [-0.2, 0) is 4.74 Å². The van der Waals surface area contributed by atoms with E-state index in [2.05, 4.69) is 9.72 Å². The van der Waals surface area contributed by atoms with Gasteiger partial charge in [-0.25, -0.2) is 4.79 Å². The lowest BCUT2D eigenvalue weighted by Gasteiger charge is -2.05. The molecule has 0 spiro atoms. The van der Waals surface area contributed by atoms with Crippen molar-refractivity contribution in [2.45, 2.75) is 0 Å². The predicted molar refractivity (Wildman–Crippen MR) is 64.5 cm³/mol. The molecule has 0 unspecified atom stereocenters. The number of carbonyl (C=O) groups excluding carboxylic acids is 1. The van der Waals surface area contributed by atoms with Gasteiger partial charge in [0.1, 0.15) is 0 Å². The first-order valence-electron chi connectivity index (χ1n) is 5.30. The Bertz CT molecular complexity index is 732. The second-order valence-corrected chi connectivity index (χ2v) is 3.66. The number of carbonyl (C=O) groups is 1. The maximum absolute atomic E-state index is 11.2. The van der Waals surface area contributed by atoms with Crippen molar-refractivity contribution in [2.75, 3.05) is 7.11 Å². The number of pyridine rings is 1. The zero-order chi connectivity index (χ0) is 12.5. The molecule has 1 aromatic carbocycles. The van der Waals surface area contributed by atoms with Crippen LogP contribution in [0.25, 0.3) is 21.9 Å². The third kappa shape index (κ3) is 1.57. The van der Waals surface area contributed by atoms with Gasteiger partial charge in [-0.2, -0.15) is 0 Å². The second kappa shape index (κ2) is 4.03. The molecule has 0 aliphatic rings. The monoisotopic (exact) mass is 243 g/mol. The van der Waals surface area contributed by atoms with Gasteiger partial charge in [-0.3, -0.25) is 4.98 Å². The van der Waals surface area contributed by atoms with E-state index in [0.717, 1.165) is 16.3 Å². The predicted octanol–water partition coefficient (Wildman–Crippen LogP) is 3.13. The summed E-state index contributed by atoms with van der Waals surface area (Å²) in [6, 6.07) is 7.24. The van der Waals surface area contributed by atoms with Gasteiger partial charge in [0.05, 0.1) is 18.9 Å². The summed E-state index contributed by atoms with van der Waals surface area (Å²) in [5, 5.41) is 1.79. The molecule has 0 atom stereocenters. The molecule has 90 valence electrons. The molecule has 0 fully saturated rings. The van der Waals surface area contributed by atoms with E-state index < -0.39 is 6.16 Å². The fourth-order valence-electron chi connectivity index (χ4n) is 1.87. The van der Waals surface area contributed by atoms with Crippen molar-refractivity contribution in [3.05, 3.63) is 36.7 Å². The van der Waals surface area contributed by atoms with Gasteiger partial charge in [-0.15, -0.1) is 0 Å². The van der Waals surface area contributed by atoms with E-state index >= 15 is 0 Å². The molecule has 18 heavy (non-hydrogen) atoms. The molecule has 5 nitrogen and oxygen atoms in total. The summed E-state index contributed by atoms with van der Waals surface area (Å²) >= 11 is 0. The molecule has 0 aliphatic heterocycles. The lowest BCUT2D eigenvalue weighted by Crippen LogP contribution is -2.07. The van der Waals surface area contributed by atoms with E-state index in [0.29, 0.717) is 11.3 Å². The zero-order valence-electron chi connectivity index (χ0n) is 9.54. The van der Waals surface area contributed by atoms with Crippen LogP contribution in [0.2, 0.25) is 0 Å². The summed E-state index contributed by atoms with van der Waals surface area (Å²) in [6.45, 7) is 0. The minimum Gasteiger partial charge on any atom is -0.460 e. The number of fused-ring (bicyclic) bond motifs is 3. The van der Waals surface area contributed by atoms with Crippen LogP contribution in [0, 0.1) is 0 Å². The molecule has 0 radical (unpaired) electrons. The first-order chi connectivity index (χ1) is 8.79. The minimum atomic E-state index is -0.789. The minimum absolute atomic E-state index is 0.299. The summed E-state index contributed by atoms with van der Waals surface area (Å²) < 4.78 is 14.9. The molecule has 3 rings (SSSR count). The van der Waals surface area contributed by atoms with Gasteiger partial charge < -0.3 is 13.9 Å². The van der Waals surface area contributed by atoms with Gasteiger partial charge in [-0.1, -0.05) is 6.07 Å². The Morgan fingerprint density at radius 2 is 2.22 bits per heavy atom. The molecule has 3 aromatic rings. The third-order valence-electron chi connectivity index (χ3n) is 2.65. The van der Waals surface area contributed by atoms with Crippen LogP contribution in [0.5, 0.6) is 5.75 Å². The van der Waals surface area contributed by atoms with Crippen LogP contribution in [0.1, 0.15) is 0 Å². The molecule has 0 saturated heterocycles. The summed E-state index contributed by atoms with van der Waals surface area (Å²) in [7, 11) is 1.25. The first-order valence-corrected chi connectivity index (χ1v) is 5.30. The third-order valence-corrected chi connectivity index (χ3v) is 2.65. The van der Waals surface area contributed by atoms with Crippen LogP contribution in [0.4, 0.5) is 4.79 Å². The molecule has 0 amide bonds. The smallest absolute Gasteiger partial charge is 0.460 e. The van der Waals surface area contributed by atoms with E-state index in [9.17, 15) is 4.79 Å². The SMILES string of the molecule is COC(=O)Oc1cc2ncccc2c2ccoc12. The number of furan rings is 1. The number of methoxy groups -OCH3 is 1. The molecule has 0 saturated carbocycles. The average Bonchev–Trinajstić information content (AvgIpc) is 2.88. The zero-order valence-corrected chi connectivity index (χ0v) is 9.54. The normalized spacial score (nSPS) is 10.7. The Balaban J connectivity index is 2.28. The molecule has 0 N–H and O–H groups in total. The molecule has 2 aromatic heterocycles. The Hall–Kier alpha value is -2.56. The highest BCUT2D eigenvalue weighted by molar-refractivity contribution is 6.07. The first kappa shape index (κ1) is 10.6. The summed E-state index contributed by atoms with van der Waals surface area (Å²) in [4.78, 5) is 15.4. The average molecular weight is 243 g/mol. The lowest BCUT2D eigenvalue weighted by molar-refractivity contribution is 0.121. The number of hydrogen-bond donors (Lipinski definition) is 0. The van der Waals surface area contributed by atoms with Crippen molar-refractivity contribution in [1.82, 2.24) is 4.98 Å². The van der Waals surface area contributed by atoms with Crippen molar-refractivity contribution >= 4 is 28.0 Å². The van der Waals surface area contributed by atoms with Crippen molar-refractivity contribution in [2.24, 2.45) is 0 Å². The Labute approximate surface area is 102 Å². The van der Waals surface area contributed by atoms with Crippen molar-refractivity contribution in [3.8, 4) is 5.75 Å². The van der Waals surface area contributed by atoms with Gasteiger partial charge in [0.2, 0.25) is 0 Å². The van der Waals surface area contributed by atoms with Gasteiger partial charge in [-0.05, 0) is 12.1 Å². The maximum Gasteiger partial charge on any atom is 0.513 e. The van der Waals surface area contributed by atoms with Crippen LogP contribution in [0.3, 0.4) is 0 Å². The number of nitrogens with zero attached hydrogens (tertiary/aromatic N) is 1. The van der Waals surface area contributed by atoms with Gasteiger partial charge >= 0.3 is 6.16 Å². The van der Waals surface area contributed by atoms with E-state index in [1.165, 1.54) is 7.11 Å². The van der Waals surface area contributed by atoms with Crippen molar-refractivity contribution in [1.29, 1.82) is 0 Å². The molecular weight excluding hydrogens is 234 g/mol. The van der Waals surface area contributed by atoms with E-state index in [4.69, 9.17) is 9.15 Å². The topological polar surface area (TPSA) is 61.6 Å². The van der Waals surface area contributed by atoms with Crippen LogP contribution >= 0.6 is 0 Å². The lowest BCUT2D eigenvalue weighted by atomic mass is 10.1. The van der Waals surface area contributed by atoms with Crippen molar-refractivity contribution < 1.29 is 18.7 Å². The largest absolute Gasteiger partial charge is 0.513 e. The van der Waals surface area contributed by atoms with Crippen molar-refractivity contribution in [3.63, 3.8) is 0 Å². The molecule has 5 heteroatoms. The number of benzene rings is 1. The van der Waals surface area contributed by atoms with Crippen LogP contribution in [0.15, 0.2) is 41.1 Å². The maximum atomic E-state index is 11.2. The molecule has 0 aliphatic carbocycles. The van der Waals surface area contributed by atoms with Gasteiger partial charge in [0.25, 0.3) is 0 Å². The number of ether oxygens (including phenoxy) is 2. The van der Waals surface area contributed by atoms with Crippen LogP contribution in [-0.4, -0.2) is 18.2 Å². The molecular formula is C13H9NO4. The number of aromatic nitrogens is 1. The summed E-state index contributed by atoms with van der Waals surface area (Å²) in [5.74, 6) is 0.299. The van der Waals surface area contributed by atoms with Gasteiger partial charge in [0.15, 0.2) is 11.3 Å². The van der Waals surface area contributed by atoms with E-state index in [1.54, 1.807) is 18.5 Å². The Morgan fingerprint density at radius 3 is 3.06 bits per heavy atom. The quantitative estimate of drug-likeness (QED) is 0.485.